The summed E-state index contributed by atoms with van der Waals surface area (Å²) in [4.78, 5) is 29.6. The van der Waals surface area contributed by atoms with E-state index in [-0.39, 0.29) is 22.9 Å². The highest BCUT2D eigenvalue weighted by Gasteiger charge is 2.38. The molecule has 1 amide bonds. The second-order valence-electron chi connectivity index (χ2n) is 7.13. The Morgan fingerprint density at radius 2 is 1.92 bits per heavy atom. The Kier molecular flexibility index (Phi) is 3.87. The zero-order chi connectivity index (χ0) is 17.5. The van der Waals surface area contributed by atoms with Gasteiger partial charge in [0.05, 0.1) is 0 Å². The molecule has 1 aliphatic rings. The van der Waals surface area contributed by atoms with Crippen molar-refractivity contribution in [2.75, 3.05) is 11.4 Å². The number of para-hydroxylation sites is 1. The summed E-state index contributed by atoms with van der Waals surface area (Å²) in [5, 5.41) is 9.08. The maximum atomic E-state index is 13.0. The number of anilines is 1. The van der Waals surface area contributed by atoms with E-state index in [2.05, 4.69) is 31.8 Å². The third-order valence-electron chi connectivity index (χ3n) is 4.48. The lowest BCUT2D eigenvalue weighted by Crippen LogP contribution is -2.32. The normalized spacial score (nSPS) is 16.8. The summed E-state index contributed by atoms with van der Waals surface area (Å²) in [5.74, 6) is -1.10. The number of benzene rings is 1. The zero-order valence-corrected chi connectivity index (χ0v) is 14.0. The summed E-state index contributed by atoms with van der Waals surface area (Å²) in [6.45, 7) is 7.08. The highest BCUT2D eigenvalue weighted by atomic mass is 16.4. The number of carboxylic acids is 1. The monoisotopic (exact) mass is 324 g/mol. The second kappa shape index (κ2) is 5.74. The van der Waals surface area contributed by atoms with E-state index in [4.69, 9.17) is 5.11 Å². The fourth-order valence-electron chi connectivity index (χ4n) is 3.18. The molecule has 0 fully saturated rings. The highest BCUT2D eigenvalue weighted by molar-refractivity contribution is 6.08. The predicted octanol–water partition coefficient (Wildman–Crippen LogP) is 3.57. The standard InChI is InChI=1S/C19H20N2O3/c1-19(2,3)14-11-21(16-7-5-4-6-13(14)16)17(22)12-8-9-20-15(10-12)18(23)24/h4-10,14H,11H2,1-3H3,(H,23,24). The Balaban J connectivity index is 2.00. The molecule has 2 heterocycles. The Bertz CT molecular complexity index is 808. The van der Waals surface area contributed by atoms with Crippen LogP contribution in [0.15, 0.2) is 42.6 Å². The van der Waals surface area contributed by atoms with Crippen LogP contribution in [0.5, 0.6) is 0 Å². The molecular weight excluding hydrogens is 304 g/mol. The fourth-order valence-corrected chi connectivity index (χ4v) is 3.18. The Morgan fingerprint density at radius 3 is 2.58 bits per heavy atom. The number of amides is 1. The number of pyridine rings is 1. The first kappa shape index (κ1) is 16.2. The van der Waals surface area contributed by atoms with Gasteiger partial charge >= 0.3 is 5.97 Å². The van der Waals surface area contributed by atoms with Gasteiger partial charge in [0, 0.05) is 29.9 Å². The predicted molar refractivity (Wildman–Crippen MR) is 91.5 cm³/mol. The van der Waals surface area contributed by atoms with E-state index in [0.717, 1.165) is 11.3 Å². The van der Waals surface area contributed by atoms with Crippen LogP contribution in [-0.2, 0) is 0 Å². The number of carbonyl (C=O) groups is 2. The largest absolute Gasteiger partial charge is 0.477 e. The summed E-state index contributed by atoms with van der Waals surface area (Å²) < 4.78 is 0. The Morgan fingerprint density at radius 1 is 1.21 bits per heavy atom. The molecule has 0 spiro atoms. The lowest BCUT2D eigenvalue weighted by Gasteiger charge is -2.27. The van der Waals surface area contributed by atoms with Gasteiger partial charge in [0.1, 0.15) is 5.69 Å². The molecule has 2 aromatic rings. The van der Waals surface area contributed by atoms with Crippen LogP contribution in [0.3, 0.4) is 0 Å². The molecule has 3 rings (SSSR count). The van der Waals surface area contributed by atoms with Gasteiger partial charge in [-0.25, -0.2) is 9.78 Å². The van der Waals surface area contributed by atoms with Gasteiger partial charge in [-0.3, -0.25) is 4.79 Å². The van der Waals surface area contributed by atoms with Crippen molar-refractivity contribution in [2.45, 2.75) is 26.7 Å². The Labute approximate surface area is 140 Å². The molecule has 1 aromatic carbocycles. The van der Waals surface area contributed by atoms with Gasteiger partial charge in [-0.2, -0.15) is 0 Å². The van der Waals surface area contributed by atoms with Crippen molar-refractivity contribution in [3.8, 4) is 0 Å². The third kappa shape index (κ3) is 2.77. The van der Waals surface area contributed by atoms with Crippen LogP contribution in [0, 0.1) is 5.41 Å². The smallest absolute Gasteiger partial charge is 0.354 e. The lowest BCUT2D eigenvalue weighted by atomic mass is 9.78. The number of aromatic nitrogens is 1. The van der Waals surface area contributed by atoms with Gasteiger partial charge < -0.3 is 10.0 Å². The maximum absolute atomic E-state index is 13.0. The van der Waals surface area contributed by atoms with Crippen LogP contribution in [0.2, 0.25) is 0 Å². The number of fused-ring (bicyclic) bond motifs is 1. The fraction of sp³-hybridized carbons (Fsp3) is 0.316. The molecule has 0 aliphatic carbocycles. The first-order valence-corrected chi connectivity index (χ1v) is 7.89. The average molecular weight is 324 g/mol. The molecule has 0 radical (unpaired) electrons. The van der Waals surface area contributed by atoms with Crippen LogP contribution < -0.4 is 4.90 Å². The molecule has 0 saturated heterocycles. The van der Waals surface area contributed by atoms with E-state index in [1.54, 1.807) is 11.0 Å². The second-order valence-corrected chi connectivity index (χ2v) is 7.13. The van der Waals surface area contributed by atoms with Crippen LogP contribution in [-0.4, -0.2) is 28.5 Å². The van der Waals surface area contributed by atoms with Gasteiger partial charge in [0.2, 0.25) is 0 Å². The maximum Gasteiger partial charge on any atom is 0.354 e. The topological polar surface area (TPSA) is 70.5 Å². The summed E-state index contributed by atoms with van der Waals surface area (Å²) in [6.07, 6.45) is 1.36. The summed E-state index contributed by atoms with van der Waals surface area (Å²) in [5.41, 5.74) is 2.30. The van der Waals surface area contributed by atoms with E-state index >= 15 is 0 Å². The van der Waals surface area contributed by atoms with Crippen LogP contribution in [0.4, 0.5) is 5.69 Å². The van der Waals surface area contributed by atoms with Crippen molar-refractivity contribution in [2.24, 2.45) is 5.41 Å². The molecule has 124 valence electrons. The van der Waals surface area contributed by atoms with E-state index in [0.29, 0.717) is 12.1 Å². The van der Waals surface area contributed by atoms with E-state index < -0.39 is 5.97 Å². The van der Waals surface area contributed by atoms with E-state index in [1.807, 2.05) is 18.2 Å². The lowest BCUT2D eigenvalue weighted by molar-refractivity contribution is 0.0690. The molecule has 1 atom stereocenters. The first-order valence-electron chi connectivity index (χ1n) is 7.89. The molecule has 1 aliphatic heterocycles. The van der Waals surface area contributed by atoms with Gasteiger partial charge in [-0.15, -0.1) is 0 Å². The number of carboxylic acid groups (broad SMARTS) is 1. The zero-order valence-electron chi connectivity index (χ0n) is 14.0. The number of hydrogen-bond acceptors (Lipinski definition) is 3. The SMILES string of the molecule is CC(C)(C)C1CN(C(=O)c2ccnc(C(=O)O)c2)c2ccccc21. The van der Waals surface area contributed by atoms with Crippen molar-refractivity contribution in [1.82, 2.24) is 4.98 Å². The molecule has 5 heteroatoms. The first-order chi connectivity index (χ1) is 11.3. The van der Waals surface area contributed by atoms with Crippen molar-refractivity contribution in [3.05, 3.63) is 59.4 Å². The Hall–Kier alpha value is -2.69. The third-order valence-corrected chi connectivity index (χ3v) is 4.48. The van der Waals surface area contributed by atoms with E-state index in [1.165, 1.54) is 12.3 Å². The summed E-state index contributed by atoms with van der Waals surface area (Å²) in [6, 6.07) is 10.8. The highest BCUT2D eigenvalue weighted by Crippen LogP contribution is 2.45. The molecule has 1 N–H and O–H groups in total. The minimum Gasteiger partial charge on any atom is -0.477 e. The minimum absolute atomic E-state index is 0.0234. The quantitative estimate of drug-likeness (QED) is 0.917. The van der Waals surface area contributed by atoms with Crippen molar-refractivity contribution in [1.29, 1.82) is 0 Å². The summed E-state index contributed by atoms with van der Waals surface area (Å²) >= 11 is 0. The van der Waals surface area contributed by atoms with Gasteiger partial charge in [-0.05, 0) is 29.2 Å². The molecule has 24 heavy (non-hydrogen) atoms. The molecule has 0 bridgehead atoms. The minimum atomic E-state index is -1.14. The number of hydrogen-bond donors (Lipinski definition) is 1. The van der Waals surface area contributed by atoms with Crippen molar-refractivity contribution in [3.63, 3.8) is 0 Å². The molecule has 5 nitrogen and oxygen atoms in total. The summed E-state index contributed by atoms with van der Waals surface area (Å²) in [7, 11) is 0. The average Bonchev–Trinajstić information content (AvgIpc) is 2.94. The van der Waals surface area contributed by atoms with Crippen LogP contribution >= 0.6 is 0 Å². The number of nitrogens with zero attached hydrogens (tertiary/aromatic N) is 2. The van der Waals surface area contributed by atoms with Crippen molar-refractivity contribution < 1.29 is 14.7 Å². The van der Waals surface area contributed by atoms with Gasteiger partial charge in [0.15, 0.2) is 0 Å². The number of carbonyl (C=O) groups excluding carboxylic acids is 1. The molecular formula is C19H20N2O3. The van der Waals surface area contributed by atoms with E-state index in [9.17, 15) is 9.59 Å². The van der Waals surface area contributed by atoms with Crippen LogP contribution in [0.1, 0.15) is 53.1 Å². The molecule has 0 saturated carbocycles. The molecule has 1 aromatic heterocycles. The number of rotatable bonds is 2. The number of aromatic carboxylic acids is 1. The van der Waals surface area contributed by atoms with Crippen molar-refractivity contribution >= 4 is 17.6 Å². The molecule has 1 unspecified atom stereocenters. The van der Waals surface area contributed by atoms with Gasteiger partial charge in [0.25, 0.3) is 5.91 Å². The van der Waals surface area contributed by atoms with Gasteiger partial charge in [-0.1, -0.05) is 39.0 Å². The van der Waals surface area contributed by atoms with Crippen LogP contribution in [0.25, 0.3) is 0 Å².